The summed E-state index contributed by atoms with van der Waals surface area (Å²) >= 11 is 0. The van der Waals surface area contributed by atoms with E-state index in [1.807, 2.05) is 70.9 Å². The number of methoxy groups -OCH3 is 1. The van der Waals surface area contributed by atoms with Crippen LogP contribution in [0.2, 0.25) is 0 Å². The fraction of sp³-hybridized carbons (Fsp3) is 0.394. The Morgan fingerprint density at radius 3 is 2.40 bits per heavy atom. The van der Waals surface area contributed by atoms with Crippen LogP contribution in [0, 0.1) is 6.92 Å². The summed E-state index contributed by atoms with van der Waals surface area (Å²) in [7, 11) is 1.65. The number of carbonyl (C=O) groups excluding carboxylic acids is 2. The molecule has 6 rings (SSSR count). The molecule has 40 heavy (non-hydrogen) atoms. The van der Waals surface area contributed by atoms with Crippen LogP contribution in [0.25, 0.3) is 16.6 Å². The third kappa shape index (κ3) is 4.57. The first-order chi connectivity index (χ1) is 19.4. The van der Waals surface area contributed by atoms with Crippen molar-refractivity contribution in [1.29, 1.82) is 0 Å². The molecule has 3 heterocycles. The first-order valence-electron chi connectivity index (χ1n) is 14.4. The highest BCUT2D eigenvalue weighted by Gasteiger charge is 2.49. The fourth-order valence-electron chi connectivity index (χ4n) is 6.40. The van der Waals surface area contributed by atoms with E-state index < -0.39 is 5.54 Å². The molecule has 2 amide bonds. The van der Waals surface area contributed by atoms with Crippen LogP contribution in [0.1, 0.15) is 67.1 Å². The summed E-state index contributed by atoms with van der Waals surface area (Å²) in [5, 5.41) is 4.29. The van der Waals surface area contributed by atoms with Crippen LogP contribution in [0.3, 0.4) is 0 Å². The molecule has 208 valence electrons. The summed E-state index contributed by atoms with van der Waals surface area (Å²) in [6, 6.07) is 18.2. The van der Waals surface area contributed by atoms with E-state index in [2.05, 4.69) is 24.4 Å². The number of fused-ring (bicyclic) bond motifs is 3. The van der Waals surface area contributed by atoms with Crippen molar-refractivity contribution in [3.63, 3.8) is 0 Å². The minimum absolute atomic E-state index is 0.0802. The van der Waals surface area contributed by atoms with Gasteiger partial charge in [0.15, 0.2) is 0 Å². The third-order valence-corrected chi connectivity index (χ3v) is 8.76. The quantitative estimate of drug-likeness (QED) is 0.306. The van der Waals surface area contributed by atoms with E-state index in [9.17, 15) is 9.59 Å². The molecule has 1 atom stereocenters. The van der Waals surface area contributed by atoms with Gasteiger partial charge in [-0.25, -0.2) is 0 Å². The van der Waals surface area contributed by atoms with Crippen LogP contribution in [0.15, 0.2) is 67.0 Å². The van der Waals surface area contributed by atoms with Gasteiger partial charge in [0.1, 0.15) is 17.0 Å². The first-order valence-corrected chi connectivity index (χ1v) is 14.4. The third-order valence-electron chi connectivity index (χ3n) is 8.76. The summed E-state index contributed by atoms with van der Waals surface area (Å²) in [5.41, 5.74) is 3.40. The van der Waals surface area contributed by atoms with Crippen molar-refractivity contribution in [2.24, 2.45) is 0 Å². The molecule has 1 fully saturated rings. The average molecular weight is 539 g/mol. The lowest BCUT2D eigenvalue weighted by Crippen LogP contribution is -2.64. The van der Waals surface area contributed by atoms with E-state index >= 15 is 0 Å². The van der Waals surface area contributed by atoms with E-state index in [0.717, 1.165) is 59.2 Å². The van der Waals surface area contributed by atoms with Gasteiger partial charge in [-0.2, -0.15) is 0 Å². The summed E-state index contributed by atoms with van der Waals surface area (Å²) in [5.74, 6) is 0.495. The van der Waals surface area contributed by atoms with Gasteiger partial charge in [0.2, 0.25) is 5.91 Å². The van der Waals surface area contributed by atoms with Gasteiger partial charge in [-0.05, 0) is 62.6 Å². The molecule has 2 aromatic heterocycles. The lowest BCUT2D eigenvalue weighted by Gasteiger charge is -2.45. The highest BCUT2D eigenvalue weighted by Crippen LogP contribution is 2.40. The predicted molar refractivity (Wildman–Crippen MR) is 157 cm³/mol. The van der Waals surface area contributed by atoms with Crippen LogP contribution in [-0.2, 0) is 17.9 Å². The molecular weight excluding hydrogens is 500 g/mol. The average Bonchev–Trinajstić information content (AvgIpc) is 3.51. The smallest absolute Gasteiger partial charge is 0.273 e. The normalized spacial score (nSPS) is 19.9. The number of aryl methyl sites for hydroxylation is 1. The first kappa shape index (κ1) is 26.2. The second-order valence-electron chi connectivity index (χ2n) is 11.6. The molecule has 1 aliphatic carbocycles. The number of hydrogen-bond donors (Lipinski definition) is 1. The zero-order valence-corrected chi connectivity index (χ0v) is 23.7. The maximum absolute atomic E-state index is 14.7. The molecule has 1 N–H and O–H groups in total. The van der Waals surface area contributed by atoms with Crippen molar-refractivity contribution in [3.8, 4) is 11.4 Å². The molecule has 0 bridgehead atoms. The van der Waals surface area contributed by atoms with Gasteiger partial charge in [0, 0.05) is 30.4 Å². The lowest BCUT2D eigenvalue weighted by molar-refractivity contribution is -0.134. The molecule has 0 unspecified atom stereocenters. The molecule has 1 aliphatic heterocycles. The summed E-state index contributed by atoms with van der Waals surface area (Å²) in [4.78, 5) is 30.7. The second-order valence-corrected chi connectivity index (χ2v) is 11.6. The van der Waals surface area contributed by atoms with Gasteiger partial charge < -0.3 is 24.1 Å². The van der Waals surface area contributed by atoms with Gasteiger partial charge in [-0.15, -0.1) is 0 Å². The highest BCUT2D eigenvalue weighted by molar-refractivity contribution is 6.09. The number of amides is 2. The van der Waals surface area contributed by atoms with Gasteiger partial charge >= 0.3 is 0 Å². The number of carbonyl (C=O) groups is 2. The van der Waals surface area contributed by atoms with E-state index in [0.29, 0.717) is 18.8 Å². The van der Waals surface area contributed by atoms with E-state index in [1.165, 1.54) is 12.8 Å². The zero-order chi connectivity index (χ0) is 27.9. The Hall–Kier alpha value is -4.00. The minimum atomic E-state index is -1.07. The van der Waals surface area contributed by atoms with Gasteiger partial charge in [-0.1, -0.05) is 55.5 Å². The summed E-state index contributed by atoms with van der Waals surface area (Å²) < 4.78 is 9.60. The molecule has 7 nitrogen and oxygen atoms in total. The van der Waals surface area contributed by atoms with Crippen LogP contribution in [0.4, 0.5) is 0 Å². The van der Waals surface area contributed by atoms with Crippen LogP contribution >= 0.6 is 0 Å². The minimum Gasteiger partial charge on any atom is -0.497 e. The van der Waals surface area contributed by atoms with E-state index in [1.54, 1.807) is 12.0 Å². The number of hydrogen-bond acceptors (Lipinski definition) is 3. The van der Waals surface area contributed by atoms with Crippen LogP contribution in [0.5, 0.6) is 5.75 Å². The molecule has 2 aromatic carbocycles. The molecule has 0 saturated heterocycles. The van der Waals surface area contributed by atoms with E-state index in [-0.39, 0.29) is 17.9 Å². The Balaban J connectivity index is 1.49. The molecule has 0 spiro atoms. The van der Waals surface area contributed by atoms with E-state index in [4.69, 9.17) is 4.74 Å². The SMILES string of the molecule is COc1ccc2c(c1)c(-n1cccc1)c1n2C[C@](C)(C(=O)NC2CCCCCC2)N(Cc2ccc(C)cc2)C1=O. The van der Waals surface area contributed by atoms with Crippen molar-refractivity contribution in [1.82, 2.24) is 19.4 Å². The number of benzene rings is 2. The maximum atomic E-state index is 14.7. The van der Waals surface area contributed by atoms with Crippen LogP contribution < -0.4 is 10.1 Å². The second kappa shape index (κ2) is 10.5. The maximum Gasteiger partial charge on any atom is 0.273 e. The molecule has 2 aliphatic rings. The van der Waals surface area contributed by atoms with Crippen molar-refractivity contribution < 1.29 is 14.3 Å². The molecule has 7 heteroatoms. The summed E-state index contributed by atoms with van der Waals surface area (Å²) in [6.07, 6.45) is 10.6. The Kier molecular flexibility index (Phi) is 6.90. The fourth-order valence-corrected chi connectivity index (χ4v) is 6.40. The number of aromatic nitrogens is 2. The Morgan fingerprint density at radius 2 is 1.73 bits per heavy atom. The van der Waals surface area contributed by atoms with Gasteiger partial charge in [0.25, 0.3) is 5.91 Å². The Labute approximate surface area is 235 Å². The van der Waals surface area contributed by atoms with Crippen molar-refractivity contribution in [2.45, 2.75) is 77.0 Å². The van der Waals surface area contributed by atoms with Crippen molar-refractivity contribution >= 4 is 22.7 Å². The highest BCUT2D eigenvalue weighted by atomic mass is 16.5. The predicted octanol–water partition coefficient (Wildman–Crippen LogP) is 6.00. The van der Waals surface area contributed by atoms with Gasteiger partial charge in [0.05, 0.1) is 24.9 Å². The monoisotopic (exact) mass is 538 g/mol. The standard InChI is InChI=1S/C33H38N4O3/c1-23-12-14-24(15-13-23)21-37-31(38)30-29(35-18-8-9-19-35)27-20-26(40-3)16-17-28(27)36(30)22-33(37,2)32(39)34-25-10-6-4-5-7-11-25/h8-9,12-20,25H,4-7,10-11,21-22H2,1-3H3,(H,34,39)/t33-/m1/s1. The number of nitrogens with zero attached hydrogens (tertiary/aromatic N) is 3. The molecular formula is C33H38N4O3. The van der Waals surface area contributed by atoms with Gasteiger partial charge in [-0.3, -0.25) is 9.59 Å². The number of nitrogens with one attached hydrogen (secondary N) is 1. The van der Waals surface area contributed by atoms with Crippen LogP contribution in [-0.4, -0.2) is 44.5 Å². The Bertz CT molecular complexity index is 1530. The topological polar surface area (TPSA) is 68.5 Å². The molecule has 1 saturated carbocycles. The number of ether oxygens (including phenoxy) is 1. The summed E-state index contributed by atoms with van der Waals surface area (Å²) in [6.45, 7) is 4.70. The van der Waals surface area contributed by atoms with Crippen molar-refractivity contribution in [2.75, 3.05) is 7.11 Å². The molecule has 4 aromatic rings. The number of rotatable bonds is 6. The zero-order valence-electron chi connectivity index (χ0n) is 23.7. The Morgan fingerprint density at radius 1 is 1.02 bits per heavy atom. The molecule has 0 radical (unpaired) electrons. The van der Waals surface area contributed by atoms with Crippen molar-refractivity contribution in [3.05, 3.63) is 83.8 Å². The lowest BCUT2D eigenvalue weighted by atomic mass is 9.92. The largest absolute Gasteiger partial charge is 0.497 e.